The van der Waals surface area contributed by atoms with Gasteiger partial charge in [0, 0.05) is 6.61 Å². The van der Waals surface area contributed by atoms with Crippen LogP contribution in [0.25, 0.3) is 0 Å². The van der Waals surface area contributed by atoms with Crippen LogP contribution >= 0.6 is 0 Å². The molecule has 0 aromatic rings. The van der Waals surface area contributed by atoms with Gasteiger partial charge in [-0.2, -0.15) is 4.90 Å². The van der Waals surface area contributed by atoms with Gasteiger partial charge in [-0.15, -0.1) is 0 Å². The van der Waals surface area contributed by atoms with Crippen molar-refractivity contribution < 1.29 is 43.2 Å². The maximum atomic E-state index is 12.9. The summed E-state index contributed by atoms with van der Waals surface area (Å²) in [5.74, 6) is -0.928. The third-order valence-electron chi connectivity index (χ3n) is 4.32. The lowest BCUT2D eigenvalue weighted by molar-refractivity contribution is -0.163. The van der Waals surface area contributed by atoms with Crippen LogP contribution in [0.15, 0.2) is 0 Å². The Bertz CT molecular complexity index is 610. The summed E-state index contributed by atoms with van der Waals surface area (Å²) in [6.07, 6.45) is -3.27. The third-order valence-corrected chi connectivity index (χ3v) is 4.32. The summed E-state index contributed by atoms with van der Waals surface area (Å²) < 4.78 is 27.3. The highest BCUT2D eigenvalue weighted by atomic mass is 16.6. The normalized spacial score (nSPS) is 25.1. The van der Waals surface area contributed by atoms with Gasteiger partial charge in [0.25, 0.3) is 0 Å². The van der Waals surface area contributed by atoms with Crippen LogP contribution in [-0.2, 0) is 28.5 Å². The molecule has 0 aromatic carbocycles. The Morgan fingerprint density at radius 3 is 2.06 bits per heavy atom. The number of carbonyl (C=O) groups is 3. The highest BCUT2D eigenvalue weighted by Crippen LogP contribution is 2.20. The molecule has 0 aliphatic carbocycles. The number of carbonyl (C=O) groups excluding carboxylic acids is 3. The van der Waals surface area contributed by atoms with E-state index < -0.39 is 53.7 Å². The molecule has 0 aromatic heterocycles. The number of hydrogen-bond donors (Lipinski definition) is 1. The second-order valence-corrected chi connectivity index (χ2v) is 9.78. The largest absolute Gasteiger partial charge is 0.458 e. The molecule has 1 aliphatic heterocycles. The van der Waals surface area contributed by atoms with E-state index in [1.165, 1.54) is 6.92 Å². The molecule has 10 heteroatoms. The Hall–Kier alpha value is -1.91. The lowest BCUT2D eigenvalue weighted by Gasteiger charge is -2.32. The SMILES string of the molecule is CCCCOC1COCC(N(C(=O)OC(C)(C)C)C(=O)OC(C)(C)C)C(=O)OC(C)C1O. The highest BCUT2D eigenvalue weighted by Gasteiger charge is 2.43. The van der Waals surface area contributed by atoms with E-state index in [0.29, 0.717) is 11.5 Å². The van der Waals surface area contributed by atoms with Crippen LogP contribution in [0, 0.1) is 0 Å². The topological polar surface area (TPSA) is 121 Å². The summed E-state index contributed by atoms with van der Waals surface area (Å²) in [5, 5.41) is 10.6. The summed E-state index contributed by atoms with van der Waals surface area (Å²) in [6, 6.07) is -1.47. The highest BCUT2D eigenvalue weighted by molar-refractivity contribution is 5.94. The number of cyclic esters (lactones) is 1. The zero-order valence-corrected chi connectivity index (χ0v) is 20.5. The molecule has 186 valence electrons. The molecule has 1 heterocycles. The van der Waals surface area contributed by atoms with Crippen molar-refractivity contribution in [3.63, 3.8) is 0 Å². The maximum Gasteiger partial charge on any atom is 0.420 e. The fourth-order valence-corrected chi connectivity index (χ4v) is 2.75. The average molecular weight is 462 g/mol. The van der Waals surface area contributed by atoms with E-state index >= 15 is 0 Å². The molecule has 0 bridgehead atoms. The Morgan fingerprint density at radius 1 is 1.06 bits per heavy atom. The molecular weight excluding hydrogens is 422 g/mol. The minimum Gasteiger partial charge on any atom is -0.458 e. The fraction of sp³-hybridized carbons (Fsp3) is 0.864. The van der Waals surface area contributed by atoms with Crippen LogP contribution in [-0.4, -0.2) is 83.5 Å². The van der Waals surface area contributed by atoms with Crippen molar-refractivity contribution >= 4 is 18.2 Å². The number of rotatable bonds is 5. The van der Waals surface area contributed by atoms with Crippen molar-refractivity contribution in [3.8, 4) is 0 Å². The number of aliphatic hydroxyl groups is 1. The first-order valence-electron chi connectivity index (χ1n) is 11.0. The molecule has 4 unspecified atom stereocenters. The van der Waals surface area contributed by atoms with Crippen LogP contribution in [0.3, 0.4) is 0 Å². The third kappa shape index (κ3) is 9.30. The number of imide groups is 1. The fourth-order valence-electron chi connectivity index (χ4n) is 2.75. The molecule has 1 rings (SSSR count). The van der Waals surface area contributed by atoms with Gasteiger partial charge in [-0.25, -0.2) is 14.4 Å². The standard InChI is InChI=1S/C22H39NO9/c1-9-10-11-29-16-13-28-12-15(18(25)30-14(2)17(16)24)23(19(26)31-21(3,4)5)20(27)32-22(6,7)8/h14-17,24H,9-13H2,1-8H3. The summed E-state index contributed by atoms with van der Waals surface area (Å²) in [4.78, 5) is 39.2. The van der Waals surface area contributed by atoms with E-state index in [2.05, 4.69) is 0 Å². The van der Waals surface area contributed by atoms with Crippen LogP contribution in [0.2, 0.25) is 0 Å². The molecule has 1 aliphatic rings. The molecule has 32 heavy (non-hydrogen) atoms. The second kappa shape index (κ2) is 11.8. The molecule has 1 fully saturated rings. The smallest absolute Gasteiger partial charge is 0.420 e. The van der Waals surface area contributed by atoms with E-state index in [0.717, 1.165) is 12.8 Å². The number of nitrogens with zero attached hydrogens (tertiary/aromatic N) is 1. The van der Waals surface area contributed by atoms with Crippen molar-refractivity contribution in [3.05, 3.63) is 0 Å². The number of aliphatic hydroxyl groups excluding tert-OH is 1. The second-order valence-electron chi connectivity index (χ2n) is 9.78. The number of hydrogen-bond acceptors (Lipinski definition) is 9. The molecular formula is C22H39NO9. The molecule has 0 radical (unpaired) electrons. The van der Waals surface area contributed by atoms with Crippen molar-refractivity contribution in [1.82, 2.24) is 4.90 Å². The number of unbranched alkanes of at least 4 members (excludes halogenated alkanes) is 1. The van der Waals surface area contributed by atoms with Crippen LogP contribution in [0.5, 0.6) is 0 Å². The first-order valence-corrected chi connectivity index (χ1v) is 11.0. The molecule has 10 nitrogen and oxygen atoms in total. The van der Waals surface area contributed by atoms with Gasteiger partial charge < -0.3 is 28.8 Å². The quantitative estimate of drug-likeness (QED) is 0.374. The average Bonchev–Trinajstić information content (AvgIpc) is 2.65. The minimum atomic E-state index is -1.47. The minimum absolute atomic E-state index is 0.0567. The Labute approximate surface area is 190 Å². The van der Waals surface area contributed by atoms with Gasteiger partial charge in [-0.1, -0.05) is 13.3 Å². The zero-order chi connectivity index (χ0) is 24.7. The van der Waals surface area contributed by atoms with E-state index in [9.17, 15) is 19.5 Å². The first-order chi connectivity index (χ1) is 14.7. The van der Waals surface area contributed by atoms with E-state index in [-0.39, 0.29) is 13.2 Å². The molecule has 0 saturated carbocycles. The zero-order valence-electron chi connectivity index (χ0n) is 20.5. The van der Waals surface area contributed by atoms with Crippen LogP contribution < -0.4 is 0 Å². The first kappa shape index (κ1) is 28.1. The van der Waals surface area contributed by atoms with Gasteiger partial charge >= 0.3 is 18.2 Å². The number of ether oxygens (including phenoxy) is 5. The summed E-state index contributed by atoms with van der Waals surface area (Å²) >= 11 is 0. The monoisotopic (exact) mass is 461 g/mol. The molecule has 1 N–H and O–H groups in total. The van der Waals surface area contributed by atoms with Gasteiger partial charge in [0.1, 0.15) is 29.5 Å². The molecule has 1 saturated heterocycles. The van der Waals surface area contributed by atoms with Gasteiger partial charge in [0.2, 0.25) is 0 Å². The van der Waals surface area contributed by atoms with E-state index in [4.69, 9.17) is 23.7 Å². The number of esters is 1. The van der Waals surface area contributed by atoms with Gasteiger partial charge in [0.15, 0.2) is 6.04 Å². The lowest BCUT2D eigenvalue weighted by atomic mass is 10.1. The molecule has 0 spiro atoms. The number of amides is 2. The van der Waals surface area contributed by atoms with Gasteiger partial charge in [0.05, 0.1) is 13.2 Å². The van der Waals surface area contributed by atoms with Gasteiger partial charge in [-0.05, 0) is 54.9 Å². The Morgan fingerprint density at radius 2 is 1.59 bits per heavy atom. The van der Waals surface area contributed by atoms with E-state index in [1.807, 2.05) is 6.92 Å². The summed E-state index contributed by atoms with van der Waals surface area (Å²) in [7, 11) is 0. The van der Waals surface area contributed by atoms with Gasteiger partial charge in [-0.3, -0.25) is 0 Å². The predicted octanol–water partition coefficient (Wildman–Crippen LogP) is 3.04. The summed E-state index contributed by atoms with van der Waals surface area (Å²) in [6.45, 7) is 13.3. The van der Waals surface area contributed by atoms with E-state index in [1.54, 1.807) is 41.5 Å². The predicted molar refractivity (Wildman–Crippen MR) is 115 cm³/mol. The summed E-state index contributed by atoms with van der Waals surface area (Å²) in [5.41, 5.74) is -1.86. The van der Waals surface area contributed by atoms with Crippen molar-refractivity contribution in [2.75, 3.05) is 19.8 Å². The Balaban J connectivity index is 3.17. The van der Waals surface area contributed by atoms with Crippen LogP contribution in [0.4, 0.5) is 9.59 Å². The van der Waals surface area contributed by atoms with Crippen molar-refractivity contribution in [2.45, 2.75) is 104 Å². The lowest BCUT2D eigenvalue weighted by Crippen LogP contribution is -2.54. The van der Waals surface area contributed by atoms with Crippen LogP contribution in [0.1, 0.15) is 68.2 Å². The molecule has 2 amide bonds. The van der Waals surface area contributed by atoms with Crippen molar-refractivity contribution in [2.24, 2.45) is 0 Å². The Kier molecular flexibility index (Phi) is 10.4. The molecule has 4 atom stereocenters. The van der Waals surface area contributed by atoms with Crippen molar-refractivity contribution in [1.29, 1.82) is 0 Å². The maximum absolute atomic E-state index is 12.9.